The largest absolute Gasteiger partial charge is 0.421 e. The monoisotopic (exact) mass is 512 g/mol. The van der Waals surface area contributed by atoms with Crippen molar-refractivity contribution < 1.29 is 18.0 Å². The Bertz CT molecular complexity index is 1200. The van der Waals surface area contributed by atoms with Gasteiger partial charge >= 0.3 is 6.18 Å². The zero-order valence-electron chi connectivity index (χ0n) is 21.1. The van der Waals surface area contributed by atoms with Crippen molar-refractivity contribution in [2.24, 2.45) is 0 Å². The van der Waals surface area contributed by atoms with Gasteiger partial charge in [0.25, 0.3) is 0 Å². The second kappa shape index (κ2) is 10.2. The Kier molecular flexibility index (Phi) is 6.96. The highest BCUT2D eigenvalue weighted by atomic mass is 19.4. The molecule has 7 nitrogen and oxygen atoms in total. The molecule has 2 aliphatic rings. The first-order chi connectivity index (χ1) is 17.7. The fourth-order valence-electron chi connectivity index (χ4n) is 4.96. The van der Waals surface area contributed by atoms with Gasteiger partial charge in [-0.05, 0) is 50.7 Å². The Morgan fingerprint density at radius 2 is 1.65 bits per heavy atom. The van der Waals surface area contributed by atoms with Gasteiger partial charge in [-0.3, -0.25) is 9.74 Å². The number of hydrogen-bond acceptors (Lipinski definition) is 7. The molecular weight excluding hydrogens is 481 g/mol. The predicted molar refractivity (Wildman–Crippen MR) is 138 cm³/mol. The summed E-state index contributed by atoms with van der Waals surface area (Å²) in [5, 5.41) is 4.32. The van der Waals surface area contributed by atoms with Gasteiger partial charge < -0.3 is 10.2 Å². The lowest BCUT2D eigenvalue weighted by molar-refractivity contribution is -0.138. The fourth-order valence-corrected chi connectivity index (χ4v) is 4.96. The second-order valence-corrected chi connectivity index (χ2v) is 9.74. The van der Waals surface area contributed by atoms with Crippen LogP contribution in [0.1, 0.15) is 37.4 Å². The number of benzene rings is 2. The Labute approximate surface area is 214 Å². The van der Waals surface area contributed by atoms with Crippen molar-refractivity contribution in [3.8, 4) is 0 Å². The maximum Gasteiger partial charge on any atom is 0.421 e. The number of alkyl halides is 3. The van der Waals surface area contributed by atoms with Crippen LogP contribution in [0.3, 0.4) is 0 Å². The molecule has 2 aromatic carbocycles. The summed E-state index contributed by atoms with van der Waals surface area (Å²) in [6.07, 6.45) is -3.26. The van der Waals surface area contributed by atoms with Crippen molar-refractivity contribution in [2.75, 3.05) is 42.0 Å². The van der Waals surface area contributed by atoms with Gasteiger partial charge in [-0.15, -0.1) is 0 Å². The van der Waals surface area contributed by atoms with Crippen LogP contribution < -0.4 is 15.3 Å². The molecule has 3 atom stereocenters. The van der Waals surface area contributed by atoms with Crippen molar-refractivity contribution >= 4 is 23.1 Å². The molecule has 196 valence electrons. The number of hydroxylamine groups is 1. The van der Waals surface area contributed by atoms with E-state index >= 15 is 0 Å². The molecule has 2 saturated heterocycles. The van der Waals surface area contributed by atoms with Crippen LogP contribution in [0, 0.1) is 0 Å². The van der Waals surface area contributed by atoms with Gasteiger partial charge in [-0.2, -0.15) is 18.2 Å². The Morgan fingerprint density at radius 3 is 2.30 bits per heavy atom. The molecule has 0 bridgehead atoms. The molecule has 0 aliphatic carbocycles. The van der Waals surface area contributed by atoms with Crippen molar-refractivity contribution in [3.63, 3.8) is 0 Å². The number of anilines is 4. The molecule has 0 unspecified atom stereocenters. The molecule has 10 heteroatoms. The van der Waals surface area contributed by atoms with Crippen LogP contribution in [0.25, 0.3) is 0 Å². The quantitative estimate of drug-likeness (QED) is 0.474. The molecule has 2 fully saturated rings. The van der Waals surface area contributed by atoms with Crippen molar-refractivity contribution in [3.05, 3.63) is 71.9 Å². The van der Waals surface area contributed by atoms with Gasteiger partial charge in [0.2, 0.25) is 5.95 Å². The van der Waals surface area contributed by atoms with E-state index in [2.05, 4.69) is 46.0 Å². The topological polar surface area (TPSA) is 56.8 Å². The molecule has 2 aliphatic heterocycles. The lowest BCUT2D eigenvalue weighted by Crippen LogP contribution is -2.55. The number of halogens is 3. The summed E-state index contributed by atoms with van der Waals surface area (Å²) in [4.78, 5) is 18.6. The lowest BCUT2D eigenvalue weighted by Gasteiger charge is -2.43. The molecule has 0 amide bonds. The Hall–Kier alpha value is -3.37. The van der Waals surface area contributed by atoms with Crippen LogP contribution in [0.5, 0.6) is 0 Å². The van der Waals surface area contributed by atoms with Gasteiger partial charge in [0.05, 0.1) is 12.6 Å². The molecule has 0 spiro atoms. The number of aromatic nitrogens is 2. The van der Waals surface area contributed by atoms with Crippen LogP contribution in [0.15, 0.2) is 60.8 Å². The number of piperazine rings is 1. The van der Waals surface area contributed by atoms with Gasteiger partial charge in [-0.25, -0.2) is 10.0 Å². The maximum atomic E-state index is 13.9. The van der Waals surface area contributed by atoms with Crippen molar-refractivity contribution in [1.29, 1.82) is 0 Å². The molecule has 1 aromatic heterocycles. The molecule has 3 heterocycles. The van der Waals surface area contributed by atoms with Gasteiger partial charge in [0.1, 0.15) is 5.56 Å². The van der Waals surface area contributed by atoms with E-state index < -0.39 is 11.7 Å². The Morgan fingerprint density at radius 1 is 0.973 bits per heavy atom. The summed E-state index contributed by atoms with van der Waals surface area (Å²) in [6.45, 7) is 6.58. The van der Waals surface area contributed by atoms with Crippen LogP contribution in [-0.2, 0) is 11.0 Å². The number of nitrogens with zero attached hydrogens (tertiary/aromatic N) is 5. The summed E-state index contributed by atoms with van der Waals surface area (Å²) < 4.78 is 41.7. The highest BCUT2D eigenvalue weighted by Crippen LogP contribution is 2.41. The molecule has 0 radical (unpaired) electrons. The van der Waals surface area contributed by atoms with Crippen molar-refractivity contribution in [2.45, 2.75) is 44.6 Å². The highest BCUT2D eigenvalue weighted by molar-refractivity contribution is 5.61. The van der Waals surface area contributed by atoms with E-state index in [1.807, 2.05) is 54.6 Å². The van der Waals surface area contributed by atoms with Gasteiger partial charge in [0.15, 0.2) is 5.82 Å². The first-order valence-electron chi connectivity index (χ1n) is 12.5. The number of rotatable bonds is 5. The van der Waals surface area contributed by atoms with Crippen LogP contribution >= 0.6 is 0 Å². The summed E-state index contributed by atoms with van der Waals surface area (Å²) in [5.41, 5.74) is 1.72. The van der Waals surface area contributed by atoms with E-state index in [1.165, 1.54) is 5.06 Å². The summed E-state index contributed by atoms with van der Waals surface area (Å²) in [6, 6.07) is 17.6. The van der Waals surface area contributed by atoms with E-state index in [1.54, 1.807) is 0 Å². The molecular formula is C27H31F3N6O. The highest BCUT2D eigenvalue weighted by Gasteiger charge is 2.40. The number of hydrogen-bond donors (Lipinski definition) is 1. The number of nitrogens with one attached hydrogen (secondary N) is 1. The van der Waals surface area contributed by atoms with Crippen LogP contribution in [-0.4, -0.2) is 53.7 Å². The van der Waals surface area contributed by atoms with E-state index in [9.17, 15) is 13.2 Å². The standard InChI is InChI=1S/C27H31F3N6O/c1-18-16-35(17-19(2)34(18)3)22-11-9-21(10-12-22)32-26-31-15-23(27(28,29)30)25(33-26)36-24(13-14-37-36)20-7-5-4-6-8-20/h4-12,15,18-19,24H,13-14,16-17H2,1-3H3,(H,31,32,33)/t18-,19+,24-/m0/s1. The minimum Gasteiger partial charge on any atom is -0.368 e. The molecule has 37 heavy (non-hydrogen) atoms. The first kappa shape index (κ1) is 25.3. The summed E-state index contributed by atoms with van der Waals surface area (Å²) in [5.74, 6) is -0.228. The third-order valence-electron chi connectivity index (χ3n) is 7.22. The minimum absolute atomic E-state index is 0.0694. The molecule has 5 rings (SSSR count). The SMILES string of the molecule is C[C@@H]1CN(c2ccc(Nc3ncc(C(F)(F)F)c(N4OCC[C@H]4c4ccccc4)n3)cc2)C[C@H](C)N1C. The summed E-state index contributed by atoms with van der Waals surface area (Å²) >= 11 is 0. The van der Waals surface area contributed by atoms with Crippen molar-refractivity contribution in [1.82, 2.24) is 14.9 Å². The van der Waals surface area contributed by atoms with Crippen LogP contribution in [0.2, 0.25) is 0 Å². The normalized spacial score (nSPS) is 22.9. The fraction of sp³-hybridized carbons (Fsp3) is 0.407. The average Bonchev–Trinajstić information content (AvgIpc) is 3.37. The number of likely N-dealkylation sites (N-methyl/N-ethyl adjacent to an activating group) is 1. The third-order valence-corrected chi connectivity index (χ3v) is 7.22. The average molecular weight is 513 g/mol. The predicted octanol–water partition coefficient (Wildman–Crippen LogP) is 5.65. The maximum absolute atomic E-state index is 13.9. The molecule has 1 N–H and O–H groups in total. The van der Waals surface area contributed by atoms with Crippen LogP contribution in [0.4, 0.5) is 36.3 Å². The van der Waals surface area contributed by atoms with E-state index in [-0.39, 0.29) is 17.8 Å². The second-order valence-electron chi connectivity index (χ2n) is 9.74. The van der Waals surface area contributed by atoms with E-state index in [0.717, 1.165) is 30.5 Å². The summed E-state index contributed by atoms with van der Waals surface area (Å²) in [7, 11) is 2.15. The smallest absolute Gasteiger partial charge is 0.368 e. The first-order valence-corrected chi connectivity index (χ1v) is 12.5. The lowest BCUT2D eigenvalue weighted by atomic mass is 10.0. The minimum atomic E-state index is -4.63. The van der Waals surface area contributed by atoms with E-state index in [4.69, 9.17) is 4.84 Å². The van der Waals surface area contributed by atoms with E-state index in [0.29, 0.717) is 30.8 Å². The molecule has 3 aromatic rings. The zero-order chi connectivity index (χ0) is 26.2. The Balaban J connectivity index is 1.39. The van der Waals surface area contributed by atoms with Gasteiger partial charge in [0, 0.05) is 49.2 Å². The molecule has 0 saturated carbocycles. The third kappa shape index (κ3) is 5.35. The zero-order valence-corrected chi connectivity index (χ0v) is 21.1. The van der Waals surface area contributed by atoms with Gasteiger partial charge in [-0.1, -0.05) is 30.3 Å².